The second-order valence-electron chi connectivity index (χ2n) is 3.66. The number of thiophene rings is 1. The topological polar surface area (TPSA) is 35.8 Å². The Morgan fingerprint density at radius 2 is 2.18 bits per heavy atom. The van der Waals surface area contributed by atoms with Crippen LogP contribution in [0.1, 0.15) is 16.7 Å². The Morgan fingerprint density at radius 3 is 2.88 bits per heavy atom. The molecular formula is C13H11BrN2S. The summed E-state index contributed by atoms with van der Waals surface area (Å²) in [6, 6.07) is 9.81. The van der Waals surface area contributed by atoms with E-state index in [1.54, 1.807) is 11.3 Å². The van der Waals surface area contributed by atoms with Crippen LogP contribution in [0.15, 0.2) is 39.5 Å². The van der Waals surface area contributed by atoms with Crippen molar-refractivity contribution in [2.24, 2.45) is 0 Å². The van der Waals surface area contributed by atoms with Crippen LogP contribution in [0.2, 0.25) is 0 Å². The minimum absolute atomic E-state index is 0.709. The lowest BCUT2D eigenvalue weighted by atomic mass is 10.1. The van der Waals surface area contributed by atoms with Crippen LogP contribution in [-0.2, 0) is 13.1 Å². The Kier molecular flexibility index (Phi) is 4.32. The maximum atomic E-state index is 8.80. The first-order chi connectivity index (χ1) is 8.29. The summed E-state index contributed by atoms with van der Waals surface area (Å²) >= 11 is 5.19. The van der Waals surface area contributed by atoms with Gasteiger partial charge in [-0.3, -0.25) is 0 Å². The zero-order valence-corrected chi connectivity index (χ0v) is 11.5. The van der Waals surface area contributed by atoms with Gasteiger partial charge < -0.3 is 5.32 Å². The SMILES string of the molecule is N#Cc1cccc(CNCc2cscc2Br)c1. The van der Waals surface area contributed by atoms with Crippen molar-refractivity contribution >= 4 is 27.3 Å². The summed E-state index contributed by atoms with van der Waals surface area (Å²) in [7, 11) is 0. The average molecular weight is 307 g/mol. The van der Waals surface area contributed by atoms with Crippen molar-refractivity contribution < 1.29 is 0 Å². The van der Waals surface area contributed by atoms with Crippen LogP contribution in [-0.4, -0.2) is 0 Å². The second-order valence-corrected chi connectivity index (χ2v) is 5.26. The highest BCUT2D eigenvalue weighted by atomic mass is 79.9. The summed E-state index contributed by atoms with van der Waals surface area (Å²) in [6.45, 7) is 1.61. The molecule has 0 spiro atoms. The standard InChI is InChI=1S/C13H11BrN2S/c14-13-9-17-8-12(13)7-16-6-11-3-1-2-10(4-11)5-15/h1-4,8-9,16H,6-7H2. The average Bonchev–Trinajstić information content (AvgIpc) is 2.76. The van der Waals surface area contributed by atoms with E-state index in [1.807, 2.05) is 24.3 Å². The summed E-state index contributed by atoms with van der Waals surface area (Å²) in [5.74, 6) is 0. The van der Waals surface area contributed by atoms with Gasteiger partial charge in [-0.05, 0) is 44.6 Å². The van der Waals surface area contributed by atoms with Crippen molar-refractivity contribution in [3.8, 4) is 6.07 Å². The van der Waals surface area contributed by atoms with Gasteiger partial charge in [0.2, 0.25) is 0 Å². The second kappa shape index (κ2) is 5.97. The molecular weight excluding hydrogens is 296 g/mol. The Hall–Kier alpha value is -1.15. The van der Waals surface area contributed by atoms with Crippen molar-refractivity contribution in [1.29, 1.82) is 5.26 Å². The maximum Gasteiger partial charge on any atom is 0.0991 e. The Bertz CT molecular complexity index is 542. The Morgan fingerprint density at radius 1 is 1.29 bits per heavy atom. The number of halogens is 1. The van der Waals surface area contributed by atoms with E-state index in [9.17, 15) is 0 Å². The smallest absolute Gasteiger partial charge is 0.0991 e. The molecule has 0 bridgehead atoms. The first-order valence-corrected chi connectivity index (χ1v) is 6.93. The molecule has 2 nitrogen and oxygen atoms in total. The molecule has 86 valence electrons. The van der Waals surface area contributed by atoms with E-state index in [4.69, 9.17) is 5.26 Å². The minimum atomic E-state index is 0.709. The van der Waals surface area contributed by atoms with E-state index in [-0.39, 0.29) is 0 Å². The molecule has 0 saturated heterocycles. The summed E-state index contributed by atoms with van der Waals surface area (Å²) < 4.78 is 1.15. The predicted octanol–water partition coefficient (Wildman–Crippen LogP) is 3.67. The number of hydrogen-bond donors (Lipinski definition) is 1. The molecule has 1 aromatic carbocycles. The van der Waals surface area contributed by atoms with Gasteiger partial charge in [0.05, 0.1) is 11.6 Å². The third kappa shape index (κ3) is 3.40. The lowest BCUT2D eigenvalue weighted by Crippen LogP contribution is -2.12. The van der Waals surface area contributed by atoms with Gasteiger partial charge in [0.25, 0.3) is 0 Å². The molecule has 1 N–H and O–H groups in total. The molecule has 1 heterocycles. The molecule has 0 atom stereocenters. The third-order valence-corrected chi connectivity index (χ3v) is 4.22. The number of benzene rings is 1. The van der Waals surface area contributed by atoms with E-state index < -0.39 is 0 Å². The largest absolute Gasteiger partial charge is 0.309 e. The molecule has 2 aromatic rings. The molecule has 0 amide bonds. The summed E-state index contributed by atoms with van der Waals surface area (Å²) in [5.41, 5.74) is 3.11. The van der Waals surface area contributed by atoms with Crippen LogP contribution in [0.4, 0.5) is 0 Å². The summed E-state index contributed by atoms with van der Waals surface area (Å²) in [4.78, 5) is 0. The molecule has 0 aliphatic heterocycles. The Balaban J connectivity index is 1.90. The molecule has 4 heteroatoms. The van der Waals surface area contributed by atoms with Crippen molar-refractivity contribution in [1.82, 2.24) is 5.32 Å². The summed E-state index contributed by atoms with van der Waals surface area (Å²) in [6.07, 6.45) is 0. The minimum Gasteiger partial charge on any atom is -0.309 e. The van der Waals surface area contributed by atoms with Crippen molar-refractivity contribution in [3.63, 3.8) is 0 Å². The zero-order chi connectivity index (χ0) is 12.1. The van der Waals surface area contributed by atoms with Gasteiger partial charge in [-0.25, -0.2) is 0 Å². The molecule has 0 aliphatic carbocycles. The van der Waals surface area contributed by atoms with Crippen LogP contribution in [0.5, 0.6) is 0 Å². The molecule has 0 fully saturated rings. The van der Waals surface area contributed by atoms with Crippen LogP contribution >= 0.6 is 27.3 Å². The molecule has 2 rings (SSSR count). The van der Waals surface area contributed by atoms with E-state index in [1.165, 1.54) is 5.56 Å². The molecule has 0 unspecified atom stereocenters. The van der Waals surface area contributed by atoms with E-state index in [0.717, 1.165) is 23.1 Å². The van der Waals surface area contributed by atoms with Gasteiger partial charge in [0.15, 0.2) is 0 Å². The molecule has 17 heavy (non-hydrogen) atoms. The van der Waals surface area contributed by atoms with Crippen LogP contribution < -0.4 is 5.32 Å². The highest BCUT2D eigenvalue weighted by Gasteiger charge is 2.00. The van der Waals surface area contributed by atoms with Gasteiger partial charge in [0, 0.05) is 22.9 Å². The maximum absolute atomic E-state index is 8.80. The number of rotatable bonds is 4. The van der Waals surface area contributed by atoms with Gasteiger partial charge in [-0.15, -0.1) is 0 Å². The number of nitriles is 1. The normalized spacial score (nSPS) is 10.1. The molecule has 1 aromatic heterocycles. The van der Waals surface area contributed by atoms with Crippen molar-refractivity contribution in [2.45, 2.75) is 13.1 Å². The zero-order valence-electron chi connectivity index (χ0n) is 9.11. The van der Waals surface area contributed by atoms with Crippen LogP contribution in [0.3, 0.4) is 0 Å². The fourth-order valence-electron chi connectivity index (χ4n) is 1.53. The van der Waals surface area contributed by atoms with E-state index in [0.29, 0.717) is 5.56 Å². The predicted molar refractivity (Wildman–Crippen MR) is 73.7 cm³/mol. The number of nitrogens with one attached hydrogen (secondary N) is 1. The molecule has 0 aliphatic rings. The first kappa shape index (κ1) is 12.3. The lowest BCUT2D eigenvalue weighted by Gasteiger charge is -2.04. The lowest BCUT2D eigenvalue weighted by molar-refractivity contribution is 0.693. The van der Waals surface area contributed by atoms with E-state index >= 15 is 0 Å². The number of hydrogen-bond acceptors (Lipinski definition) is 3. The molecule has 0 saturated carbocycles. The highest BCUT2D eigenvalue weighted by molar-refractivity contribution is 9.10. The van der Waals surface area contributed by atoms with Crippen molar-refractivity contribution in [3.05, 3.63) is 56.2 Å². The van der Waals surface area contributed by atoms with Gasteiger partial charge in [-0.1, -0.05) is 12.1 Å². The fourth-order valence-corrected chi connectivity index (χ4v) is 2.97. The van der Waals surface area contributed by atoms with Gasteiger partial charge in [0.1, 0.15) is 0 Å². The molecule has 0 radical (unpaired) electrons. The summed E-state index contributed by atoms with van der Waals surface area (Å²) in [5, 5.41) is 16.4. The van der Waals surface area contributed by atoms with Crippen LogP contribution in [0, 0.1) is 11.3 Å². The first-order valence-electron chi connectivity index (χ1n) is 5.20. The third-order valence-electron chi connectivity index (χ3n) is 2.39. The fraction of sp³-hybridized carbons (Fsp3) is 0.154. The quantitative estimate of drug-likeness (QED) is 0.935. The Labute approximate surface area is 113 Å². The highest BCUT2D eigenvalue weighted by Crippen LogP contribution is 2.20. The van der Waals surface area contributed by atoms with Gasteiger partial charge in [-0.2, -0.15) is 16.6 Å². The monoisotopic (exact) mass is 306 g/mol. The van der Waals surface area contributed by atoms with E-state index in [2.05, 4.69) is 38.1 Å². The van der Waals surface area contributed by atoms with Gasteiger partial charge >= 0.3 is 0 Å². The van der Waals surface area contributed by atoms with Crippen molar-refractivity contribution in [2.75, 3.05) is 0 Å². The van der Waals surface area contributed by atoms with Crippen LogP contribution in [0.25, 0.3) is 0 Å². The number of nitrogens with zero attached hydrogens (tertiary/aromatic N) is 1.